The van der Waals surface area contributed by atoms with Crippen molar-refractivity contribution in [1.82, 2.24) is 19.3 Å². The molecule has 1 aliphatic heterocycles. The van der Waals surface area contributed by atoms with Crippen LogP contribution in [0.1, 0.15) is 36.9 Å². The zero-order valence-corrected chi connectivity index (χ0v) is 16.5. The molecular weight excluding hydrogens is 362 g/mol. The molecule has 3 heterocycles. The molecule has 1 N–H and O–H groups in total. The molecule has 0 aromatic carbocycles. The second-order valence-corrected chi connectivity index (χ2v) is 9.62. The molecule has 2 aromatic heterocycles. The molecule has 2 aromatic rings. The van der Waals surface area contributed by atoms with E-state index >= 15 is 0 Å². The maximum absolute atomic E-state index is 12.4. The quantitative estimate of drug-likeness (QED) is 0.848. The largest absolute Gasteiger partial charge is 0.367 e. The highest BCUT2D eigenvalue weighted by molar-refractivity contribution is 7.90. The highest BCUT2D eigenvalue weighted by Gasteiger charge is 2.41. The van der Waals surface area contributed by atoms with Gasteiger partial charge in [-0.25, -0.2) is 22.7 Å². The first-order valence-corrected chi connectivity index (χ1v) is 11.0. The first-order valence-electron chi connectivity index (χ1n) is 9.46. The number of aryl methyl sites for hydroxylation is 1. The maximum Gasteiger partial charge on any atom is 0.216 e. The summed E-state index contributed by atoms with van der Waals surface area (Å²) in [5, 5.41) is 3.40. The van der Waals surface area contributed by atoms with Crippen LogP contribution in [0, 0.1) is 13.8 Å². The van der Waals surface area contributed by atoms with Gasteiger partial charge >= 0.3 is 0 Å². The van der Waals surface area contributed by atoms with Crippen molar-refractivity contribution in [3.8, 4) is 11.4 Å². The molecule has 1 saturated carbocycles. The van der Waals surface area contributed by atoms with E-state index in [4.69, 9.17) is 4.98 Å². The van der Waals surface area contributed by atoms with Gasteiger partial charge in [-0.15, -0.1) is 0 Å². The Kier molecular flexibility index (Phi) is 4.86. The number of pyridine rings is 1. The van der Waals surface area contributed by atoms with Gasteiger partial charge in [0.2, 0.25) is 10.0 Å². The van der Waals surface area contributed by atoms with E-state index in [0.717, 1.165) is 48.3 Å². The summed E-state index contributed by atoms with van der Waals surface area (Å²) in [7, 11) is -3.07. The fourth-order valence-electron chi connectivity index (χ4n) is 3.42. The molecule has 2 fully saturated rings. The van der Waals surface area contributed by atoms with E-state index in [1.165, 1.54) is 0 Å². The number of rotatable bonds is 5. The zero-order valence-electron chi connectivity index (χ0n) is 15.7. The molecule has 0 spiro atoms. The van der Waals surface area contributed by atoms with E-state index in [1.807, 2.05) is 26.0 Å². The van der Waals surface area contributed by atoms with Crippen molar-refractivity contribution in [1.29, 1.82) is 0 Å². The monoisotopic (exact) mass is 387 g/mol. The van der Waals surface area contributed by atoms with Gasteiger partial charge in [0.25, 0.3) is 0 Å². The van der Waals surface area contributed by atoms with Crippen LogP contribution in [0.3, 0.4) is 0 Å². The Morgan fingerprint density at radius 3 is 2.33 bits per heavy atom. The van der Waals surface area contributed by atoms with E-state index < -0.39 is 10.0 Å². The predicted molar refractivity (Wildman–Crippen MR) is 105 cm³/mol. The summed E-state index contributed by atoms with van der Waals surface area (Å²) >= 11 is 0. The smallest absolute Gasteiger partial charge is 0.216 e. The second kappa shape index (κ2) is 7.16. The molecule has 144 valence electrons. The number of anilines is 1. The van der Waals surface area contributed by atoms with Gasteiger partial charge < -0.3 is 5.32 Å². The number of sulfonamides is 1. The number of piperidine rings is 1. The van der Waals surface area contributed by atoms with Gasteiger partial charge in [0.15, 0.2) is 5.82 Å². The number of hydrogen-bond donors (Lipinski definition) is 1. The van der Waals surface area contributed by atoms with Crippen LogP contribution in [0.2, 0.25) is 0 Å². The minimum absolute atomic E-state index is 0.128. The Bertz CT molecular complexity index is 921. The lowest BCUT2D eigenvalue weighted by Crippen LogP contribution is -2.43. The molecule has 0 amide bonds. The Labute approximate surface area is 160 Å². The summed E-state index contributed by atoms with van der Waals surface area (Å²) in [6, 6.07) is 4.01. The second-order valence-electron chi connectivity index (χ2n) is 7.40. The molecule has 0 radical (unpaired) electrons. The minimum atomic E-state index is -3.07. The van der Waals surface area contributed by atoms with Crippen molar-refractivity contribution in [2.45, 2.75) is 50.8 Å². The third-order valence-corrected chi connectivity index (χ3v) is 7.83. The van der Waals surface area contributed by atoms with Gasteiger partial charge in [-0.2, -0.15) is 0 Å². The summed E-state index contributed by atoms with van der Waals surface area (Å²) in [4.78, 5) is 13.4. The van der Waals surface area contributed by atoms with E-state index in [2.05, 4.69) is 15.3 Å². The predicted octanol–water partition coefficient (Wildman–Crippen LogP) is 2.52. The molecule has 0 bridgehead atoms. The van der Waals surface area contributed by atoms with Crippen LogP contribution in [-0.4, -0.2) is 52.1 Å². The fraction of sp³-hybridized carbons (Fsp3) is 0.526. The highest BCUT2D eigenvalue weighted by atomic mass is 32.2. The van der Waals surface area contributed by atoms with E-state index in [0.29, 0.717) is 18.9 Å². The van der Waals surface area contributed by atoms with Crippen molar-refractivity contribution >= 4 is 15.8 Å². The van der Waals surface area contributed by atoms with Gasteiger partial charge in [0.05, 0.1) is 5.25 Å². The van der Waals surface area contributed by atoms with Crippen LogP contribution < -0.4 is 5.32 Å². The molecule has 0 unspecified atom stereocenters. The van der Waals surface area contributed by atoms with Gasteiger partial charge in [0, 0.05) is 48.3 Å². The third-order valence-electron chi connectivity index (χ3n) is 5.43. The Morgan fingerprint density at radius 1 is 1.04 bits per heavy atom. The first kappa shape index (κ1) is 18.3. The van der Waals surface area contributed by atoms with Gasteiger partial charge in [-0.3, -0.25) is 4.98 Å². The standard InChI is InChI=1S/C19H25N5O2S/c1-13-14(2)21-19(15-5-9-20-10-6-15)23-18(13)22-16-7-11-24(12-8-16)27(25,26)17-3-4-17/h5-6,9-10,16-17H,3-4,7-8,11-12H2,1-2H3,(H,21,22,23). The summed E-state index contributed by atoms with van der Waals surface area (Å²) in [6.07, 6.45) is 6.68. The molecule has 1 aliphatic carbocycles. The zero-order chi connectivity index (χ0) is 19.0. The Morgan fingerprint density at radius 2 is 1.70 bits per heavy atom. The van der Waals surface area contributed by atoms with Crippen LogP contribution in [0.5, 0.6) is 0 Å². The van der Waals surface area contributed by atoms with Crippen molar-refractivity contribution < 1.29 is 8.42 Å². The highest BCUT2D eigenvalue weighted by Crippen LogP contribution is 2.33. The Balaban J connectivity index is 1.48. The van der Waals surface area contributed by atoms with Crippen LogP contribution in [0.4, 0.5) is 5.82 Å². The number of hydrogen-bond acceptors (Lipinski definition) is 6. The number of aromatic nitrogens is 3. The lowest BCUT2D eigenvalue weighted by molar-refractivity contribution is 0.329. The summed E-state index contributed by atoms with van der Waals surface area (Å²) < 4.78 is 26.5. The molecular formula is C19H25N5O2S. The summed E-state index contributed by atoms with van der Waals surface area (Å²) in [6.45, 7) is 5.16. The van der Waals surface area contributed by atoms with Crippen LogP contribution in [0.15, 0.2) is 24.5 Å². The summed E-state index contributed by atoms with van der Waals surface area (Å²) in [5.74, 6) is 1.51. The van der Waals surface area contributed by atoms with Crippen LogP contribution >= 0.6 is 0 Å². The summed E-state index contributed by atoms with van der Waals surface area (Å²) in [5.41, 5.74) is 2.90. The maximum atomic E-state index is 12.4. The van der Waals surface area contributed by atoms with Gasteiger partial charge in [0.1, 0.15) is 5.82 Å². The molecule has 0 atom stereocenters. The van der Waals surface area contributed by atoms with Crippen LogP contribution in [0.25, 0.3) is 11.4 Å². The SMILES string of the molecule is Cc1nc(-c2ccncc2)nc(NC2CCN(S(=O)(=O)C3CC3)CC2)c1C. The van der Waals surface area contributed by atoms with E-state index in [-0.39, 0.29) is 11.3 Å². The molecule has 7 nitrogen and oxygen atoms in total. The van der Waals surface area contributed by atoms with Crippen molar-refractivity contribution in [3.05, 3.63) is 35.8 Å². The van der Waals surface area contributed by atoms with E-state index in [9.17, 15) is 8.42 Å². The van der Waals surface area contributed by atoms with Crippen molar-refractivity contribution in [2.24, 2.45) is 0 Å². The number of nitrogens with zero attached hydrogens (tertiary/aromatic N) is 4. The lowest BCUT2D eigenvalue weighted by atomic mass is 10.1. The average molecular weight is 388 g/mol. The normalized spacial score (nSPS) is 19.2. The van der Waals surface area contributed by atoms with Gasteiger partial charge in [-0.05, 0) is 51.7 Å². The topological polar surface area (TPSA) is 88.1 Å². The molecule has 8 heteroatoms. The van der Waals surface area contributed by atoms with Crippen molar-refractivity contribution in [2.75, 3.05) is 18.4 Å². The Hall–Kier alpha value is -2.06. The molecule has 1 saturated heterocycles. The first-order chi connectivity index (χ1) is 12.9. The average Bonchev–Trinajstić information content (AvgIpc) is 3.52. The van der Waals surface area contributed by atoms with Crippen molar-refractivity contribution in [3.63, 3.8) is 0 Å². The minimum Gasteiger partial charge on any atom is -0.367 e. The fourth-order valence-corrected chi connectivity index (χ4v) is 5.30. The lowest BCUT2D eigenvalue weighted by Gasteiger charge is -2.32. The number of nitrogens with one attached hydrogen (secondary N) is 1. The van der Waals surface area contributed by atoms with Gasteiger partial charge in [-0.1, -0.05) is 0 Å². The molecule has 27 heavy (non-hydrogen) atoms. The van der Waals surface area contributed by atoms with Crippen LogP contribution in [-0.2, 0) is 10.0 Å². The molecule has 2 aliphatic rings. The third kappa shape index (κ3) is 3.82. The molecule has 4 rings (SSSR count). The van der Waals surface area contributed by atoms with E-state index in [1.54, 1.807) is 16.7 Å².